The van der Waals surface area contributed by atoms with Gasteiger partial charge in [-0.15, -0.1) is 0 Å². The van der Waals surface area contributed by atoms with Gasteiger partial charge in [-0.3, -0.25) is 0 Å². The van der Waals surface area contributed by atoms with Gasteiger partial charge in [-0.25, -0.2) is 0 Å². The first-order valence-corrected chi connectivity index (χ1v) is 9.26. The highest BCUT2D eigenvalue weighted by atomic mass is 16.5. The van der Waals surface area contributed by atoms with Gasteiger partial charge in [0.15, 0.2) is 0 Å². The molecule has 0 amide bonds. The Morgan fingerprint density at radius 3 is 1.96 bits per heavy atom. The van der Waals surface area contributed by atoms with E-state index in [0.29, 0.717) is 11.8 Å². The van der Waals surface area contributed by atoms with Crippen molar-refractivity contribution in [2.45, 2.75) is 72.8 Å². The van der Waals surface area contributed by atoms with Gasteiger partial charge >= 0.3 is 0 Å². The van der Waals surface area contributed by atoms with E-state index in [1.807, 2.05) is 0 Å². The second kappa shape index (κ2) is 6.78. The fraction of sp³-hybridized carbons (Fsp3) is 0.565. The predicted molar refractivity (Wildman–Crippen MR) is 106 cm³/mol. The maximum Gasteiger partial charge on any atom is 0.127 e. The summed E-state index contributed by atoms with van der Waals surface area (Å²) in [6.07, 6.45) is 1.19. The molecule has 0 aromatic heterocycles. The molecule has 1 nitrogen and oxygen atoms in total. The number of benzene rings is 2. The van der Waals surface area contributed by atoms with Crippen molar-refractivity contribution in [1.29, 1.82) is 0 Å². The molecule has 0 N–H and O–H groups in total. The van der Waals surface area contributed by atoms with E-state index in [1.54, 1.807) is 0 Å². The Kier molecular flexibility index (Phi) is 5.32. The summed E-state index contributed by atoms with van der Waals surface area (Å²) in [5.74, 6) is 2.23. The third-order valence-electron chi connectivity index (χ3n) is 5.02. The number of ether oxygens (including phenoxy) is 1. The molecule has 1 unspecified atom stereocenters. The predicted octanol–water partition coefficient (Wildman–Crippen LogP) is 6.98. The van der Waals surface area contributed by atoms with Crippen molar-refractivity contribution in [3.63, 3.8) is 0 Å². The zero-order valence-electron chi connectivity index (χ0n) is 16.7. The lowest BCUT2D eigenvalue weighted by molar-refractivity contribution is 0.133. The Hall–Kier alpha value is -1.50. The van der Waals surface area contributed by atoms with Crippen LogP contribution in [0.4, 0.5) is 0 Å². The van der Waals surface area contributed by atoms with Gasteiger partial charge < -0.3 is 4.74 Å². The minimum Gasteiger partial charge on any atom is -0.488 e. The molecule has 0 spiro atoms. The third-order valence-corrected chi connectivity index (χ3v) is 5.02. The summed E-state index contributed by atoms with van der Waals surface area (Å²) in [7, 11) is 0. The first-order valence-electron chi connectivity index (χ1n) is 9.26. The van der Waals surface area contributed by atoms with E-state index in [1.165, 1.54) is 22.8 Å². The second-order valence-corrected chi connectivity index (χ2v) is 9.04. The van der Waals surface area contributed by atoms with E-state index in [-0.39, 0.29) is 11.0 Å². The van der Waals surface area contributed by atoms with Gasteiger partial charge in [-0.05, 0) is 61.5 Å². The molecule has 0 aliphatic rings. The van der Waals surface area contributed by atoms with Gasteiger partial charge in [-0.1, -0.05) is 65.0 Å². The fourth-order valence-electron chi connectivity index (χ4n) is 3.70. The topological polar surface area (TPSA) is 9.23 Å². The molecule has 1 heteroatoms. The summed E-state index contributed by atoms with van der Waals surface area (Å²) in [5, 5.41) is 2.55. The summed E-state index contributed by atoms with van der Waals surface area (Å²) < 4.78 is 6.22. The zero-order valence-corrected chi connectivity index (χ0v) is 16.7. The van der Waals surface area contributed by atoms with Crippen LogP contribution in [0, 0.1) is 11.8 Å². The molecule has 1 atom stereocenters. The molecule has 0 saturated carbocycles. The molecule has 132 valence electrons. The fourth-order valence-corrected chi connectivity index (χ4v) is 3.70. The molecular formula is C23H34O. The summed E-state index contributed by atoms with van der Waals surface area (Å²) in [6.45, 7) is 18.1. The van der Waals surface area contributed by atoms with Crippen LogP contribution in [0.5, 0.6) is 5.75 Å². The Balaban J connectivity index is 2.66. The standard InChI is InChI=1S/C23H34O/c1-16(2)15-23(8,17(3)4)20-13-9-12-19-18(20)11-10-14-21(19)24-22(5,6)7/h9-14,16-17H,15H2,1-8H3. The van der Waals surface area contributed by atoms with Crippen LogP contribution in [0.2, 0.25) is 0 Å². The molecule has 24 heavy (non-hydrogen) atoms. The average molecular weight is 327 g/mol. The van der Waals surface area contributed by atoms with E-state index in [2.05, 4.69) is 91.8 Å². The molecule has 2 aromatic rings. The molecule has 0 aliphatic heterocycles. The first kappa shape index (κ1) is 18.8. The smallest absolute Gasteiger partial charge is 0.127 e. The normalized spacial score (nSPS) is 15.1. The van der Waals surface area contributed by atoms with Crippen LogP contribution in [0.15, 0.2) is 36.4 Å². The molecular weight excluding hydrogens is 292 g/mol. The molecule has 2 rings (SSSR count). The molecule has 2 aromatic carbocycles. The zero-order chi connectivity index (χ0) is 18.1. The SMILES string of the molecule is CC(C)CC(C)(c1cccc2c(OC(C)(C)C)cccc12)C(C)C. The largest absolute Gasteiger partial charge is 0.488 e. The van der Waals surface area contributed by atoms with Gasteiger partial charge in [-0.2, -0.15) is 0 Å². The summed E-state index contributed by atoms with van der Waals surface area (Å²) in [4.78, 5) is 0. The van der Waals surface area contributed by atoms with Crippen LogP contribution < -0.4 is 4.74 Å². The Morgan fingerprint density at radius 1 is 0.833 bits per heavy atom. The maximum atomic E-state index is 6.22. The Bertz CT molecular complexity index is 691. The summed E-state index contributed by atoms with van der Waals surface area (Å²) in [5.41, 5.74) is 1.42. The molecule has 0 bridgehead atoms. The van der Waals surface area contributed by atoms with Crippen molar-refractivity contribution in [3.05, 3.63) is 42.0 Å². The molecule has 0 heterocycles. The number of hydrogen-bond acceptors (Lipinski definition) is 1. The molecule has 0 saturated heterocycles. The van der Waals surface area contributed by atoms with Crippen LogP contribution in [0.1, 0.15) is 67.4 Å². The maximum absolute atomic E-state index is 6.22. The van der Waals surface area contributed by atoms with Crippen molar-refractivity contribution in [3.8, 4) is 5.75 Å². The minimum atomic E-state index is -0.191. The van der Waals surface area contributed by atoms with Crippen molar-refractivity contribution in [2.75, 3.05) is 0 Å². The van der Waals surface area contributed by atoms with Gasteiger partial charge in [0.05, 0.1) is 0 Å². The number of fused-ring (bicyclic) bond motifs is 1. The van der Waals surface area contributed by atoms with Crippen LogP contribution in [-0.4, -0.2) is 5.60 Å². The van der Waals surface area contributed by atoms with Crippen LogP contribution >= 0.6 is 0 Å². The third kappa shape index (κ3) is 3.94. The van der Waals surface area contributed by atoms with Crippen LogP contribution in [0.25, 0.3) is 10.8 Å². The number of hydrogen-bond donors (Lipinski definition) is 0. The van der Waals surface area contributed by atoms with Gasteiger partial charge in [0.2, 0.25) is 0 Å². The molecule has 0 aliphatic carbocycles. The lowest BCUT2D eigenvalue weighted by Crippen LogP contribution is -2.30. The first-order chi connectivity index (χ1) is 11.0. The van der Waals surface area contributed by atoms with Gasteiger partial charge in [0.1, 0.15) is 11.4 Å². The highest BCUT2D eigenvalue weighted by Gasteiger charge is 2.32. The quantitative estimate of drug-likeness (QED) is 0.576. The van der Waals surface area contributed by atoms with Crippen LogP contribution in [0.3, 0.4) is 0 Å². The highest BCUT2D eigenvalue weighted by Crippen LogP contribution is 2.42. The molecule has 0 radical (unpaired) electrons. The van der Waals surface area contributed by atoms with Crippen molar-refractivity contribution in [1.82, 2.24) is 0 Å². The Labute approximate surface area is 148 Å². The minimum absolute atomic E-state index is 0.161. The summed E-state index contributed by atoms with van der Waals surface area (Å²) in [6, 6.07) is 13.2. The Morgan fingerprint density at radius 2 is 1.42 bits per heavy atom. The summed E-state index contributed by atoms with van der Waals surface area (Å²) >= 11 is 0. The van der Waals surface area contributed by atoms with E-state index >= 15 is 0 Å². The lowest BCUT2D eigenvalue weighted by Gasteiger charge is -2.37. The lowest BCUT2D eigenvalue weighted by atomic mass is 9.67. The van der Waals surface area contributed by atoms with Gasteiger partial charge in [0.25, 0.3) is 0 Å². The van der Waals surface area contributed by atoms with E-state index < -0.39 is 0 Å². The van der Waals surface area contributed by atoms with Crippen molar-refractivity contribution in [2.24, 2.45) is 11.8 Å². The van der Waals surface area contributed by atoms with Crippen molar-refractivity contribution >= 4 is 10.8 Å². The van der Waals surface area contributed by atoms with Crippen molar-refractivity contribution < 1.29 is 4.74 Å². The van der Waals surface area contributed by atoms with E-state index in [0.717, 1.165) is 5.75 Å². The van der Waals surface area contributed by atoms with E-state index in [4.69, 9.17) is 4.74 Å². The van der Waals surface area contributed by atoms with E-state index in [9.17, 15) is 0 Å². The second-order valence-electron chi connectivity index (χ2n) is 9.04. The van der Waals surface area contributed by atoms with Gasteiger partial charge in [0, 0.05) is 5.39 Å². The monoisotopic (exact) mass is 326 g/mol. The highest BCUT2D eigenvalue weighted by molar-refractivity contribution is 5.91. The molecule has 0 fully saturated rings. The number of rotatable bonds is 5. The van der Waals surface area contributed by atoms with Crippen LogP contribution in [-0.2, 0) is 5.41 Å². The average Bonchev–Trinajstić information content (AvgIpc) is 2.44.